The van der Waals surface area contributed by atoms with E-state index in [0.29, 0.717) is 17.4 Å². The molecule has 96 valence electrons. The summed E-state index contributed by atoms with van der Waals surface area (Å²) in [7, 11) is 0. The first kappa shape index (κ1) is 12.3. The molecule has 18 heavy (non-hydrogen) atoms. The Morgan fingerprint density at radius 1 is 1.50 bits per heavy atom. The number of aromatic amines is 1. The molecule has 0 aliphatic carbocycles. The first-order valence-corrected chi connectivity index (χ1v) is 5.54. The van der Waals surface area contributed by atoms with Crippen LogP contribution in [-0.2, 0) is 10.3 Å². The van der Waals surface area contributed by atoms with Gasteiger partial charge in [0.05, 0.1) is 5.54 Å². The van der Waals surface area contributed by atoms with Crippen LogP contribution in [0.5, 0.6) is 0 Å². The summed E-state index contributed by atoms with van der Waals surface area (Å²) in [5.74, 6) is 0.586. The van der Waals surface area contributed by atoms with Gasteiger partial charge in [-0.3, -0.25) is 9.89 Å². The molecule has 0 radical (unpaired) electrons. The monoisotopic (exact) mass is 249 g/mol. The van der Waals surface area contributed by atoms with E-state index in [9.17, 15) is 4.79 Å². The molecule has 0 unspecified atom stereocenters. The number of carbonyl (C=O) groups is 1. The molecule has 0 aromatic carbocycles. The summed E-state index contributed by atoms with van der Waals surface area (Å²) >= 11 is 0. The lowest BCUT2D eigenvalue weighted by atomic mass is 10.1. The van der Waals surface area contributed by atoms with E-state index in [1.54, 1.807) is 13.8 Å². The van der Waals surface area contributed by atoms with Gasteiger partial charge >= 0.3 is 0 Å². The minimum atomic E-state index is -0.682. The number of hydrogen-bond acceptors (Lipinski definition) is 5. The zero-order valence-electron chi connectivity index (χ0n) is 10.7. The molecule has 0 bridgehead atoms. The van der Waals surface area contributed by atoms with Crippen molar-refractivity contribution >= 4 is 5.91 Å². The van der Waals surface area contributed by atoms with Gasteiger partial charge in [0.15, 0.2) is 11.5 Å². The van der Waals surface area contributed by atoms with E-state index in [1.165, 1.54) is 6.92 Å². The normalized spacial score (nSPS) is 11.6. The van der Waals surface area contributed by atoms with E-state index in [-0.39, 0.29) is 5.91 Å². The molecule has 2 aromatic rings. The van der Waals surface area contributed by atoms with Crippen molar-refractivity contribution in [2.24, 2.45) is 0 Å². The number of nitrogens with one attached hydrogen (secondary N) is 2. The topological polar surface area (TPSA) is 96.7 Å². The van der Waals surface area contributed by atoms with Crippen LogP contribution in [0.4, 0.5) is 0 Å². The van der Waals surface area contributed by atoms with Crippen LogP contribution in [0.25, 0.3) is 11.6 Å². The average molecular weight is 249 g/mol. The fourth-order valence-corrected chi connectivity index (χ4v) is 1.60. The number of nitrogens with zero attached hydrogens (tertiary/aromatic N) is 3. The van der Waals surface area contributed by atoms with Gasteiger partial charge in [0.1, 0.15) is 0 Å². The van der Waals surface area contributed by atoms with E-state index < -0.39 is 5.54 Å². The summed E-state index contributed by atoms with van der Waals surface area (Å²) < 4.78 is 5.14. The summed E-state index contributed by atoms with van der Waals surface area (Å²) in [4.78, 5) is 15.3. The molecule has 7 nitrogen and oxygen atoms in total. The Balaban J connectivity index is 2.27. The van der Waals surface area contributed by atoms with E-state index in [2.05, 4.69) is 25.7 Å². The molecule has 0 atom stereocenters. The van der Waals surface area contributed by atoms with E-state index >= 15 is 0 Å². The molecule has 0 saturated carbocycles. The fourth-order valence-electron chi connectivity index (χ4n) is 1.60. The third kappa shape index (κ3) is 2.39. The van der Waals surface area contributed by atoms with Crippen LogP contribution < -0.4 is 5.32 Å². The Labute approximate surface area is 104 Å². The second-order valence-corrected chi connectivity index (χ2v) is 4.67. The van der Waals surface area contributed by atoms with Crippen LogP contribution in [0, 0.1) is 6.92 Å². The molecule has 2 aromatic heterocycles. The van der Waals surface area contributed by atoms with Gasteiger partial charge in [0.25, 0.3) is 5.89 Å². The molecule has 2 heterocycles. The molecule has 2 rings (SSSR count). The molecular formula is C11H15N5O2. The van der Waals surface area contributed by atoms with Crippen LogP contribution in [0.15, 0.2) is 10.6 Å². The zero-order valence-corrected chi connectivity index (χ0v) is 10.7. The van der Waals surface area contributed by atoms with Gasteiger partial charge in [-0.25, -0.2) is 0 Å². The molecule has 0 spiro atoms. The van der Waals surface area contributed by atoms with E-state index in [1.807, 2.05) is 13.0 Å². The molecule has 0 aliphatic rings. The van der Waals surface area contributed by atoms with Crippen molar-refractivity contribution in [3.8, 4) is 11.6 Å². The molecule has 0 aliphatic heterocycles. The number of rotatable bonds is 3. The van der Waals surface area contributed by atoms with Crippen molar-refractivity contribution in [3.05, 3.63) is 17.6 Å². The van der Waals surface area contributed by atoms with Gasteiger partial charge in [-0.1, -0.05) is 5.16 Å². The molecule has 1 amide bonds. The van der Waals surface area contributed by atoms with Crippen molar-refractivity contribution in [2.45, 2.75) is 33.2 Å². The SMILES string of the molecule is CC(=O)NC(C)(C)c1noc(-c2cc(C)[nH]n2)n1. The van der Waals surface area contributed by atoms with Crippen LogP contribution in [0.3, 0.4) is 0 Å². The summed E-state index contributed by atoms with van der Waals surface area (Å²) in [5.41, 5.74) is 0.814. The van der Waals surface area contributed by atoms with Crippen molar-refractivity contribution < 1.29 is 9.32 Å². The molecule has 2 N–H and O–H groups in total. The molecule has 0 saturated heterocycles. The number of carbonyl (C=O) groups excluding carboxylic acids is 1. The minimum absolute atomic E-state index is 0.151. The second kappa shape index (κ2) is 4.25. The predicted molar refractivity (Wildman–Crippen MR) is 63.5 cm³/mol. The Morgan fingerprint density at radius 2 is 2.22 bits per heavy atom. The molecule has 7 heteroatoms. The second-order valence-electron chi connectivity index (χ2n) is 4.67. The first-order chi connectivity index (χ1) is 8.38. The highest BCUT2D eigenvalue weighted by atomic mass is 16.5. The summed E-state index contributed by atoms with van der Waals surface area (Å²) in [5, 5.41) is 13.5. The van der Waals surface area contributed by atoms with Crippen LogP contribution in [0.2, 0.25) is 0 Å². The maximum atomic E-state index is 11.1. The number of aromatic nitrogens is 4. The van der Waals surface area contributed by atoms with Gasteiger partial charge in [-0.15, -0.1) is 0 Å². The van der Waals surface area contributed by atoms with Gasteiger partial charge in [0, 0.05) is 12.6 Å². The number of aryl methyl sites for hydroxylation is 1. The van der Waals surface area contributed by atoms with Crippen molar-refractivity contribution in [3.63, 3.8) is 0 Å². The zero-order chi connectivity index (χ0) is 13.3. The number of hydrogen-bond donors (Lipinski definition) is 2. The highest BCUT2D eigenvalue weighted by Crippen LogP contribution is 2.21. The Morgan fingerprint density at radius 3 is 2.78 bits per heavy atom. The maximum absolute atomic E-state index is 11.1. The van der Waals surface area contributed by atoms with Crippen molar-refractivity contribution in [2.75, 3.05) is 0 Å². The lowest BCUT2D eigenvalue weighted by Gasteiger charge is -2.20. The van der Waals surface area contributed by atoms with Crippen LogP contribution in [-0.4, -0.2) is 26.2 Å². The Kier molecular flexibility index (Phi) is 2.90. The standard InChI is InChI=1S/C11H15N5O2/c1-6-5-8(15-14-6)9-12-10(16-18-9)11(3,4)13-7(2)17/h5H,1-4H3,(H,13,17)(H,14,15). The highest BCUT2D eigenvalue weighted by Gasteiger charge is 2.28. The smallest absolute Gasteiger partial charge is 0.278 e. The summed E-state index contributed by atoms with van der Waals surface area (Å²) in [6.07, 6.45) is 0. The summed E-state index contributed by atoms with van der Waals surface area (Å²) in [6.45, 7) is 6.94. The molecule has 0 fully saturated rings. The largest absolute Gasteiger partial charge is 0.344 e. The highest BCUT2D eigenvalue weighted by molar-refractivity contribution is 5.73. The minimum Gasteiger partial charge on any atom is -0.344 e. The van der Waals surface area contributed by atoms with Gasteiger partial charge < -0.3 is 9.84 Å². The maximum Gasteiger partial charge on any atom is 0.278 e. The summed E-state index contributed by atoms with van der Waals surface area (Å²) in [6, 6.07) is 1.81. The quantitative estimate of drug-likeness (QED) is 0.850. The third-order valence-corrected chi connectivity index (χ3v) is 2.40. The number of H-pyrrole nitrogens is 1. The van der Waals surface area contributed by atoms with Crippen LogP contribution >= 0.6 is 0 Å². The van der Waals surface area contributed by atoms with Crippen molar-refractivity contribution in [1.29, 1.82) is 0 Å². The Hall–Kier alpha value is -2.18. The van der Waals surface area contributed by atoms with Crippen LogP contribution in [0.1, 0.15) is 32.3 Å². The van der Waals surface area contributed by atoms with Gasteiger partial charge in [0.2, 0.25) is 5.91 Å². The lowest BCUT2D eigenvalue weighted by molar-refractivity contribution is -0.120. The lowest BCUT2D eigenvalue weighted by Crippen LogP contribution is -2.40. The third-order valence-electron chi connectivity index (χ3n) is 2.40. The molecular weight excluding hydrogens is 234 g/mol. The van der Waals surface area contributed by atoms with Crippen molar-refractivity contribution in [1.82, 2.24) is 25.7 Å². The van der Waals surface area contributed by atoms with Gasteiger partial charge in [-0.2, -0.15) is 10.1 Å². The Bertz CT molecular complexity index is 570. The first-order valence-electron chi connectivity index (χ1n) is 5.54. The van der Waals surface area contributed by atoms with E-state index in [4.69, 9.17) is 4.52 Å². The van der Waals surface area contributed by atoms with Gasteiger partial charge in [-0.05, 0) is 26.8 Å². The average Bonchev–Trinajstić information content (AvgIpc) is 2.83. The fraction of sp³-hybridized carbons (Fsp3) is 0.455. The van der Waals surface area contributed by atoms with E-state index in [0.717, 1.165) is 5.69 Å². The number of amides is 1. The predicted octanol–water partition coefficient (Wildman–Crippen LogP) is 1.14.